The highest BCUT2D eigenvalue weighted by molar-refractivity contribution is 7.19. The van der Waals surface area contributed by atoms with Gasteiger partial charge in [0.1, 0.15) is 5.01 Å². The van der Waals surface area contributed by atoms with Gasteiger partial charge in [0.2, 0.25) is 0 Å². The van der Waals surface area contributed by atoms with E-state index in [2.05, 4.69) is 15.2 Å². The molecule has 0 aliphatic rings. The molecule has 0 amide bonds. The summed E-state index contributed by atoms with van der Waals surface area (Å²) in [7, 11) is 0. The lowest BCUT2D eigenvalue weighted by Gasteiger charge is -1.96. The van der Waals surface area contributed by atoms with Gasteiger partial charge < -0.3 is 9.15 Å². The highest BCUT2D eigenvalue weighted by Gasteiger charge is 2.10. The van der Waals surface area contributed by atoms with Crippen LogP contribution < -0.4 is 0 Å². The number of hydrogen-bond donors (Lipinski definition) is 0. The Morgan fingerprint density at radius 1 is 1.20 bits per heavy atom. The first-order valence-corrected chi connectivity index (χ1v) is 9.04. The Labute approximate surface area is 150 Å². The van der Waals surface area contributed by atoms with E-state index < -0.39 is 5.97 Å². The Morgan fingerprint density at radius 3 is 2.96 bits per heavy atom. The third-order valence-corrected chi connectivity index (χ3v) is 5.07. The Hall–Kier alpha value is -2.84. The topological polar surface area (TPSA) is 78.1 Å². The summed E-state index contributed by atoms with van der Waals surface area (Å²) >= 11 is 3.01. The number of rotatable bonds is 5. The Morgan fingerprint density at radius 2 is 2.12 bits per heavy atom. The fraction of sp³-hybridized carbons (Fsp3) is 0.0588. The van der Waals surface area contributed by atoms with Gasteiger partial charge in [0.15, 0.2) is 6.61 Å². The van der Waals surface area contributed by atoms with Crippen molar-refractivity contribution in [2.45, 2.75) is 6.61 Å². The van der Waals surface area contributed by atoms with Crippen LogP contribution in [0.15, 0.2) is 52.3 Å². The smallest absolute Gasteiger partial charge is 0.331 e. The Balaban J connectivity index is 1.36. The fourth-order valence-electron chi connectivity index (χ4n) is 2.09. The van der Waals surface area contributed by atoms with Crippen LogP contribution in [0.1, 0.15) is 10.9 Å². The van der Waals surface area contributed by atoms with Crippen molar-refractivity contribution in [3.05, 3.63) is 58.8 Å². The van der Waals surface area contributed by atoms with Crippen molar-refractivity contribution in [1.82, 2.24) is 15.2 Å². The number of carbonyl (C=O) groups excluding carboxylic acids is 1. The SMILES string of the molecule is O=C(C=Cc1nc2ccccc2s1)OCc1nnc(-c2cccs2)o1. The van der Waals surface area contributed by atoms with Gasteiger partial charge in [-0.2, -0.15) is 0 Å². The number of thiazole rings is 1. The van der Waals surface area contributed by atoms with Crippen molar-refractivity contribution in [3.63, 3.8) is 0 Å². The van der Waals surface area contributed by atoms with E-state index in [1.165, 1.54) is 28.7 Å². The summed E-state index contributed by atoms with van der Waals surface area (Å²) in [6.45, 7) is -0.0681. The molecule has 0 radical (unpaired) electrons. The molecule has 4 rings (SSSR count). The molecule has 6 nitrogen and oxygen atoms in total. The molecule has 0 N–H and O–H groups in total. The van der Waals surface area contributed by atoms with E-state index in [1.807, 2.05) is 41.8 Å². The summed E-state index contributed by atoms with van der Waals surface area (Å²) in [4.78, 5) is 17.1. The third-order valence-electron chi connectivity index (χ3n) is 3.21. The maximum atomic E-state index is 11.8. The minimum absolute atomic E-state index is 0.0681. The molecule has 3 heterocycles. The minimum atomic E-state index is -0.491. The second-order valence-corrected chi connectivity index (χ2v) is 6.95. The lowest BCUT2D eigenvalue weighted by atomic mass is 10.3. The monoisotopic (exact) mass is 369 g/mol. The van der Waals surface area contributed by atoms with Crippen LogP contribution in [-0.4, -0.2) is 21.2 Å². The highest BCUT2D eigenvalue weighted by atomic mass is 32.1. The molecular formula is C17H11N3O3S2. The van der Waals surface area contributed by atoms with Gasteiger partial charge in [-0.25, -0.2) is 9.78 Å². The van der Waals surface area contributed by atoms with Crippen molar-refractivity contribution in [2.75, 3.05) is 0 Å². The molecule has 0 aliphatic carbocycles. The van der Waals surface area contributed by atoms with Crippen LogP contribution in [0.2, 0.25) is 0 Å². The molecule has 3 aromatic heterocycles. The van der Waals surface area contributed by atoms with Gasteiger partial charge in [0, 0.05) is 6.08 Å². The highest BCUT2D eigenvalue weighted by Crippen LogP contribution is 2.23. The number of ether oxygens (including phenoxy) is 1. The standard InChI is InChI=1S/C17H11N3O3S2/c21-16(8-7-15-18-11-4-1-2-5-12(11)25-15)22-10-14-19-20-17(23-14)13-6-3-9-24-13/h1-9H,10H2. The first-order chi connectivity index (χ1) is 12.3. The van der Waals surface area contributed by atoms with Crippen LogP contribution in [0.4, 0.5) is 0 Å². The molecule has 25 heavy (non-hydrogen) atoms. The average Bonchev–Trinajstić information content (AvgIpc) is 3.37. The molecule has 4 aromatic rings. The number of hydrogen-bond acceptors (Lipinski definition) is 8. The molecule has 0 aliphatic heterocycles. The molecule has 0 spiro atoms. The van der Waals surface area contributed by atoms with E-state index in [0.29, 0.717) is 5.89 Å². The summed E-state index contributed by atoms with van der Waals surface area (Å²) in [5.41, 5.74) is 0.910. The summed E-state index contributed by atoms with van der Waals surface area (Å²) in [5, 5.41) is 10.5. The Kier molecular flexibility index (Phi) is 4.36. The predicted molar refractivity (Wildman–Crippen MR) is 96.1 cm³/mol. The minimum Gasteiger partial charge on any atom is -0.452 e. The van der Waals surface area contributed by atoms with Gasteiger partial charge in [-0.3, -0.25) is 0 Å². The summed E-state index contributed by atoms with van der Waals surface area (Å²) in [6.07, 6.45) is 2.98. The summed E-state index contributed by atoms with van der Waals surface area (Å²) in [6, 6.07) is 11.6. The van der Waals surface area contributed by atoms with Crippen LogP contribution in [0.3, 0.4) is 0 Å². The van der Waals surface area contributed by atoms with Crippen molar-refractivity contribution in [1.29, 1.82) is 0 Å². The molecule has 0 bridgehead atoms. The van der Waals surface area contributed by atoms with Crippen molar-refractivity contribution in [2.24, 2.45) is 0 Å². The number of fused-ring (bicyclic) bond motifs is 1. The normalized spacial score (nSPS) is 11.4. The number of carbonyl (C=O) groups is 1. The second-order valence-electron chi connectivity index (χ2n) is 4.94. The van der Waals surface area contributed by atoms with E-state index in [0.717, 1.165) is 20.1 Å². The summed E-state index contributed by atoms with van der Waals surface area (Å²) < 4.78 is 11.6. The van der Waals surface area contributed by atoms with Crippen LogP contribution in [0.25, 0.3) is 27.1 Å². The fourth-order valence-corrected chi connectivity index (χ4v) is 3.61. The molecule has 0 unspecified atom stereocenters. The van der Waals surface area contributed by atoms with Gasteiger partial charge >= 0.3 is 5.97 Å². The molecule has 0 atom stereocenters. The Bertz CT molecular complexity index is 1000. The molecular weight excluding hydrogens is 358 g/mol. The number of aromatic nitrogens is 3. The molecule has 0 saturated heterocycles. The van der Waals surface area contributed by atoms with Gasteiger partial charge in [-0.1, -0.05) is 18.2 Å². The zero-order chi connectivity index (χ0) is 17.1. The maximum absolute atomic E-state index is 11.8. The zero-order valence-electron chi connectivity index (χ0n) is 12.8. The molecule has 124 valence electrons. The lowest BCUT2D eigenvalue weighted by molar-refractivity contribution is -0.139. The quantitative estimate of drug-likeness (QED) is 0.388. The average molecular weight is 369 g/mol. The maximum Gasteiger partial charge on any atom is 0.331 e. The van der Waals surface area contributed by atoms with E-state index in [-0.39, 0.29) is 12.5 Å². The van der Waals surface area contributed by atoms with Crippen molar-refractivity contribution in [3.8, 4) is 10.8 Å². The number of nitrogens with zero attached hydrogens (tertiary/aromatic N) is 3. The van der Waals surface area contributed by atoms with Crippen LogP contribution in [0.5, 0.6) is 0 Å². The van der Waals surface area contributed by atoms with Crippen LogP contribution in [-0.2, 0) is 16.1 Å². The largest absolute Gasteiger partial charge is 0.452 e. The molecule has 0 saturated carbocycles. The van der Waals surface area contributed by atoms with Crippen LogP contribution >= 0.6 is 22.7 Å². The number of benzene rings is 1. The van der Waals surface area contributed by atoms with E-state index in [1.54, 1.807) is 6.08 Å². The first kappa shape index (κ1) is 15.7. The number of para-hydroxylation sites is 1. The van der Waals surface area contributed by atoms with Gasteiger partial charge in [-0.15, -0.1) is 32.9 Å². The molecule has 1 aromatic carbocycles. The zero-order valence-corrected chi connectivity index (χ0v) is 14.4. The van der Waals surface area contributed by atoms with E-state index >= 15 is 0 Å². The third kappa shape index (κ3) is 3.65. The van der Waals surface area contributed by atoms with E-state index in [9.17, 15) is 4.79 Å². The van der Waals surface area contributed by atoms with E-state index in [4.69, 9.17) is 9.15 Å². The van der Waals surface area contributed by atoms with Gasteiger partial charge in [0.05, 0.1) is 15.1 Å². The van der Waals surface area contributed by atoms with Crippen LogP contribution in [0, 0.1) is 0 Å². The summed E-state index contributed by atoms with van der Waals surface area (Å²) in [5.74, 6) is 0.186. The van der Waals surface area contributed by atoms with Gasteiger partial charge in [-0.05, 0) is 29.7 Å². The lowest BCUT2D eigenvalue weighted by Crippen LogP contribution is -2.00. The molecule has 8 heteroatoms. The number of thiophene rings is 1. The second kappa shape index (κ2) is 6.96. The first-order valence-electron chi connectivity index (χ1n) is 7.34. The predicted octanol–water partition coefficient (Wildman–Crippen LogP) is 4.16. The molecule has 0 fully saturated rings. The van der Waals surface area contributed by atoms with Crippen molar-refractivity contribution >= 4 is 44.9 Å². The van der Waals surface area contributed by atoms with Crippen molar-refractivity contribution < 1.29 is 13.9 Å². The van der Waals surface area contributed by atoms with Gasteiger partial charge in [0.25, 0.3) is 11.8 Å². The number of esters is 1.